The normalized spacial score (nSPS) is 23.1. The zero-order chi connectivity index (χ0) is 11.9. The van der Waals surface area contributed by atoms with Crippen LogP contribution in [0.1, 0.15) is 42.8 Å². The van der Waals surface area contributed by atoms with Crippen LogP contribution < -0.4 is 4.74 Å². The van der Waals surface area contributed by atoms with E-state index in [4.69, 9.17) is 4.74 Å². The highest BCUT2D eigenvalue weighted by Crippen LogP contribution is 2.39. The Morgan fingerprint density at radius 2 is 2.12 bits per heavy atom. The molecule has 1 aromatic carbocycles. The molecule has 0 aromatic heterocycles. The second-order valence-corrected chi connectivity index (χ2v) is 4.58. The Balaban J connectivity index is 2.38. The smallest absolute Gasteiger partial charge is 0.159 e. The molecule has 1 heterocycles. The molecule has 0 bridgehead atoms. The first kappa shape index (κ1) is 11.1. The molecule has 0 unspecified atom stereocenters. The summed E-state index contributed by atoms with van der Waals surface area (Å²) in [5, 5.41) is 10.1. The summed E-state index contributed by atoms with van der Waals surface area (Å²) in [4.78, 5) is 11.2. The first-order valence-electron chi connectivity index (χ1n) is 5.50. The summed E-state index contributed by atoms with van der Waals surface area (Å²) < 4.78 is 5.65. The molecule has 0 saturated carbocycles. The van der Waals surface area contributed by atoms with Crippen LogP contribution in [0.4, 0.5) is 0 Å². The summed E-state index contributed by atoms with van der Waals surface area (Å²) in [7, 11) is 0. The second kappa shape index (κ2) is 3.91. The predicted molar refractivity (Wildman–Crippen MR) is 60.7 cm³/mol. The summed E-state index contributed by atoms with van der Waals surface area (Å²) >= 11 is 0. The highest BCUT2D eigenvalue weighted by molar-refractivity contribution is 5.94. The number of aliphatic hydroxyl groups is 1. The van der Waals surface area contributed by atoms with Crippen LogP contribution in [-0.2, 0) is 0 Å². The van der Waals surface area contributed by atoms with E-state index >= 15 is 0 Å². The molecule has 2 rings (SSSR count). The molecule has 0 radical (unpaired) electrons. The van der Waals surface area contributed by atoms with Crippen LogP contribution in [0.3, 0.4) is 0 Å². The Morgan fingerprint density at radius 1 is 1.44 bits per heavy atom. The van der Waals surface area contributed by atoms with Crippen molar-refractivity contribution in [1.29, 1.82) is 0 Å². The Bertz CT molecular complexity index is 423. The minimum Gasteiger partial charge on any atom is -0.487 e. The van der Waals surface area contributed by atoms with E-state index in [0.717, 1.165) is 5.56 Å². The van der Waals surface area contributed by atoms with Crippen LogP contribution in [0.2, 0.25) is 0 Å². The fourth-order valence-corrected chi connectivity index (χ4v) is 1.99. The van der Waals surface area contributed by atoms with E-state index in [9.17, 15) is 9.90 Å². The summed E-state index contributed by atoms with van der Waals surface area (Å²) in [5.41, 5.74) is 1.34. The number of carbonyl (C=O) groups excluding carboxylic acids is 1. The van der Waals surface area contributed by atoms with Gasteiger partial charge in [0.1, 0.15) is 18.0 Å². The van der Waals surface area contributed by atoms with Gasteiger partial charge in [-0.1, -0.05) is 13.8 Å². The average Bonchev–Trinajstić information content (AvgIpc) is 2.56. The quantitative estimate of drug-likeness (QED) is 0.778. The number of ketones is 1. The zero-order valence-electron chi connectivity index (χ0n) is 9.73. The number of rotatable bonds is 2. The monoisotopic (exact) mass is 220 g/mol. The van der Waals surface area contributed by atoms with Crippen LogP contribution in [0, 0.1) is 5.92 Å². The Hall–Kier alpha value is -1.35. The van der Waals surface area contributed by atoms with E-state index in [1.807, 2.05) is 13.8 Å². The maximum Gasteiger partial charge on any atom is 0.159 e. The number of aliphatic hydroxyl groups excluding tert-OH is 1. The molecule has 0 aliphatic carbocycles. The highest BCUT2D eigenvalue weighted by Gasteiger charge is 2.35. The van der Waals surface area contributed by atoms with E-state index < -0.39 is 6.10 Å². The van der Waals surface area contributed by atoms with Crippen LogP contribution >= 0.6 is 0 Å². The van der Waals surface area contributed by atoms with Crippen molar-refractivity contribution in [2.24, 2.45) is 5.92 Å². The summed E-state index contributed by atoms with van der Waals surface area (Å²) in [6.45, 7) is 5.53. The fourth-order valence-electron chi connectivity index (χ4n) is 1.99. The van der Waals surface area contributed by atoms with Gasteiger partial charge in [-0.25, -0.2) is 0 Å². The van der Waals surface area contributed by atoms with Gasteiger partial charge in [0.05, 0.1) is 0 Å². The maximum absolute atomic E-state index is 11.2. The SMILES string of the molecule is CC(=O)c1ccc2c(c1)[C@H](O)[C@H](C(C)C)O2. The third-order valence-corrected chi connectivity index (χ3v) is 2.97. The number of hydrogen-bond donors (Lipinski definition) is 1. The number of fused-ring (bicyclic) bond motifs is 1. The summed E-state index contributed by atoms with van der Waals surface area (Å²) in [6, 6.07) is 5.22. The fraction of sp³-hybridized carbons (Fsp3) is 0.462. The minimum absolute atomic E-state index is 0.00277. The Labute approximate surface area is 95.0 Å². The third kappa shape index (κ3) is 1.71. The van der Waals surface area contributed by atoms with Crippen molar-refractivity contribution in [3.8, 4) is 5.75 Å². The molecule has 0 fully saturated rings. The molecule has 86 valence electrons. The van der Waals surface area contributed by atoms with Crippen LogP contribution in [0.25, 0.3) is 0 Å². The molecule has 0 saturated heterocycles. The minimum atomic E-state index is -0.630. The maximum atomic E-state index is 11.2. The van der Waals surface area contributed by atoms with Crippen molar-refractivity contribution in [3.05, 3.63) is 29.3 Å². The summed E-state index contributed by atoms with van der Waals surface area (Å²) in [5.74, 6) is 0.933. The van der Waals surface area contributed by atoms with Gasteiger partial charge >= 0.3 is 0 Å². The van der Waals surface area contributed by atoms with Gasteiger partial charge in [0.15, 0.2) is 5.78 Å². The number of Topliss-reactive ketones (excluding diaryl/α,β-unsaturated/α-hetero) is 1. The molecule has 16 heavy (non-hydrogen) atoms. The van der Waals surface area contributed by atoms with Crippen molar-refractivity contribution in [1.82, 2.24) is 0 Å². The third-order valence-electron chi connectivity index (χ3n) is 2.97. The summed E-state index contributed by atoms with van der Waals surface area (Å²) in [6.07, 6.45) is -0.841. The molecule has 0 spiro atoms. The van der Waals surface area contributed by atoms with Gasteiger partial charge in [0, 0.05) is 11.1 Å². The molecular formula is C13H16O3. The van der Waals surface area contributed by atoms with Gasteiger partial charge in [-0.15, -0.1) is 0 Å². The lowest BCUT2D eigenvalue weighted by molar-refractivity contribution is 0.0383. The van der Waals surface area contributed by atoms with Crippen molar-refractivity contribution in [2.75, 3.05) is 0 Å². The van der Waals surface area contributed by atoms with Crippen LogP contribution in [0.15, 0.2) is 18.2 Å². The van der Waals surface area contributed by atoms with Crippen molar-refractivity contribution >= 4 is 5.78 Å². The lowest BCUT2D eigenvalue weighted by atomic mass is 9.97. The number of ether oxygens (including phenoxy) is 1. The number of benzene rings is 1. The Morgan fingerprint density at radius 3 is 2.69 bits per heavy atom. The molecule has 3 nitrogen and oxygen atoms in total. The molecule has 0 amide bonds. The van der Waals surface area contributed by atoms with Crippen LogP contribution in [-0.4, -0.2) is 17.0 Å². The van der Waals surface area contributed by atoms with E-state index in [1.165, 1.54) is 6.92 Å². The van der Waals surface area contributed by atoms with Crippen molar-refractivity contribution < 1.29 is 14.6 Å². The standard InChI is InChI=1S/C13H16O3/c1-7(2)13-12(15)10-6-9(8(3)14)4-5-11(10)16-13/h4-7,12-13,15H,1-3H3/t12-,13-/m0/s1. The van der Waals surface area contributed by atoms with Gasteiger partial charge in [-0.05, 0) is 31.0 Å². The first-order chi connectivity index (χ1) is 7.50. The van der Waals surface area contributed by atoms with E-state index in [1.54, 1.807) is 18.2 Å². The number of carbonyl (C=O) groups is 1. The van der Waals surface area contributed by atoms with E-state index in [2.05, 4.69) is 0 Å². The topological polar surface area (TPSA) is 46.5 Å². The van der Waals surface area contributed by atoms with Gasteiger partial charge < -0.3 is 9.84 Å². The van der Waals surface area contributed by atoms with E-state index in [-0.39, 0.29) is 17.8 Å². The van der Waals surface area contributed by atoms with Crippen molar-refractivity contribution in [3.63, 3.8) is 0 Å². The molecule has 1 aliphatic heterocycles. The molecule has 1 aromatic rings. The molecule has 3 heteroatoms. The molecule has 1 aliphatic rings. The largest absolute Gasteiger partial charge is 0.487 e. The van der Waals surface area contributed by atoms with E-state index in [0.29, 0.717) is 11.3 Å². The average molecular weight is 220 g/mol. The Kier molecular flexibility index (Phi) is 2.72. The van der Waals surface area contributed by atoms with Gasteiger partial charge in [0.25, 0.3) is 0 Å². The highest BCUT2D eigenvalue weighted by atomic mass is 16.5. The lowest BCUT2D eigenvalue weighted by Crippen LogP contribution is -2.24. The molecule has 2 atom stereocenters. The molecule has 1 N–H and O–H groups in total. The van der Waals surface area contributed by atoms with Gasteiger partial charge in [0.2, 0.25) is 0 Å². The van der Waals surface area contributed by atoms with Crippen LogP contribution in [0.5, 0.6) is 5.75 Å². The van der Waals surface area contributed by atoms with Gasteiger partial charge in [-0.3, -0.25) is 4.79 Å². The van der Waals surface area contributed by atoms with Crippen molar-refractivity contribution in [2.45, 2.75) is 33.0 Å². The first-order valence-corrected chi connectivity index (χ1v) is 5.50. The number of hydrogen-bond acceptors (Lipinski definition) is 3. The predicted octanol–water partition coefficient (Wildman–Crippen LogP) is 2.34. The molecular weight excluding hydrogens is 204 g/mol. The lowest BCUT2D eigenvalue weighted by Gasteiger charge is -2.17. The second-order valence-electron chi connectivity index (χ2n) is 4.58. The zero-order valence-corrected chi connectivity index (χ0v) is 9.73. The van der Waals surface area contributed by atoms with Gasteiger partial charge in [-0.2, -0.15) is 0 Å².